The fourth-order valence-electron chi connectivity index (χ4n) is 4.48. The third kappa shape index (κ3) is 3.48. The molecule has 0 aromatic heterocycles. The Balaban J connectivity index is 1.70. The van der Waals surface area contributed by atoms with E-state index in [1.54, 1.807) is 0 Å². The molecule has 1 heterocycles. The van der Waals surface area contributed by atoms with Gasteiger partial charge in [0, 0.05) is 11.1 Å². The van der Waals surface area contributed by atoms with Crippen molar-refractivity contribution in [3.63, 3.8) is 0 Å². The first-order valence-electron chi connectivity index (χ1n) is 11.4. The number of fused-ring (bicyclic) bond motifs is 1. The molecule has 4 heteroatoms. The second-order valence-electron chi connectivity index (χ2n) is 8.87. The summed E-state index contributed by atoms with van der Waals surface area (Å²) in [4.78, 5) is 29.0. The topological polar surface area (TPSA) is 49.4 Å². The Morgan fingerprint density at radius 3 is 2.21 bits per heavy atom. The molecule has 4 aromatic rings. The van der Waals surface area contributed by atoms with Crippen LogP contribution in [0.2, 0.25) is 0 Å². The normalized spacial score (nSPS) is 13.8. The van der Waals surface area contributed by atoms with E-state index in [1.807, 2.05) is 107 Å². The molecule has 0 atom stereocenters. The molecular weight excluding hydrogens is 420 g/mol. The van der Waals surface area contributed by atoms with Crippen LogP contribution in [0.15, 0.2) is 84.6 Å². The Kier molecular flexibility index (Phi) is 5.29. The van der Waals surface area contributed by atoms with Gasteiger partial charge in [-0.2, -0.15) is 0 Å². The van der Waals surface area contributed by atoms with Crippen molar-refractivity contribution >= 4 is 39.5 Å². The predicted octanol–water partition coefficient (Wildman–Crippen LogP) is 6.47. The molecule has 1 N–H and O–H groups in total. The molecule has 4 nitrogen and oxygen atoms in total. The van der Waals surface area contributed by atoms with Crippen LogP contribution in [0.25, 0.3) is 16.3 Å². The summed E-state index contributed by atoms with van der Waals surface area (Å²) >= 11 is 0. The highest BCUT2D eigenvalue weighted by Gasteiger charge is 2.41. The molecule has 0 radical (unpaired) electrons. The second-order valence-corrected chi connectivity index (χ2v) is 8.87. The maximum atomic E-state index is 13.8. The van der Waals surface area contributed by atoms with Gasteiger partial charge in [0.05, 0.1) is 11.3 Å². The van der Waals surface area contributed by atoms with E-state index >= 15 is 0 Å². The summed E-state index contributed by atoms with van der Waals surface area (Å²) in [5.41, 5.74) is 6.97. The fraction of sp³-hybridized carbons (Fsp3) is 0.133. The van der Waals surface area contributed by atoms with Gasteiger partial charge in [-0.3, -0.25) is 9.59 Å². The van der Waals surface area contributed by atoms with E-state index in [1.165, 1.54) is 4.90 Å². The fourth-order valence-corrected chi connectivity index (χ4v) is 4.48. The van der Waals surface area contributed by atoms with Crippen LogP contribution in [-0.2, 0) is 9.59 Å². The molecule has 0 unspecified atom stereocenters. The van der Waals surface area contributed by atoms with E-state index in [9.17, 15) is 9.59 Å². The van der Waals surface area contributed by atoms with Gasteiger partial charge in [-0.05, 0) is 73.0 Å². The average Bonchev–Trinajstić information content (AvgIpc) is 3.07. The largest absolute Gasteiger partial charge is 0.350 e. The van der Waals surface area contributed by atoms with Crippen LogP contribution in [0.1, 0.15) is 27.8 Å². The van der Waals surface area contributed by atoms with E-state index in [-0.39, 0.29) is 11.8 Å². The highest BCUT2D eigenvalue weighted by molar-refractivity contribution is 6.46. The highest BCUT2D eigenvalue weighted by atomic mass is 16.2. The average molecular weight is 447 g/mol. The number of hydrogen-bond acceptors (Lipinski definition) is 3. The number of benzene rings is 4. The number of nitrogens with zero attached hydrogens (tertiary/aromatic N) is 1. The van der Waals surface area contributed by atoms with Crippen molar-refractivity contribution in [1.82, 2.24) is 0 Å². The minimum absolute atomic E-state index is 0.297. The van der Waals surface area contributed by atoms with Crippen molar-refractivity contribution < 1.29 is 9.59 Å². The second kappa shape index (κ2) is 8.31. The summed E-state index contributed by atoms with van der Waals surface area (Å²) in [6, 6.07) is 25.5. The summed E-state index contributed by atoms with van der Waals surface area (Å²) in [7, 11) is 0. The van der Waals surface area contributed by atoms with Crippen molar-refractivity contribution in [3.05, 3.63) is 112 Å². The third-order valence-electron chi connectivity index (χ3n) is 6.75. The Morgan fingerprint density at radius 1 is 0.676 bits per heavy atom. The van der Waals surface area contributed by atoms with E-state index < -0.39 is 0 Å². The number of hydrogen-bond donors (Lipinski definition) is 1. The third-order valence-corrected chi connectivity index (χ3v) is 6.75. The summed E-state index contributed by atoms with van der Waals surface area (Å²) in [6.07, 6.45) is 0. The summed E-state index contributed by atoms with van der Waals surface area (Å²) in [5.74, 6) is -0.662. The molecule has 34 heavy (non-hydrogen) atoms. The molecule has 4 aromatic carbocycles. The first kappa shape index (κ1) is 21.7. The Hall–Kier alpha value is -4.18. The minimum Gasteiger partial charge on any atom is -0.350 e. The number of nitrogens with one attached hydrogen (secondary N) is 1. The van der Waals surface area contributed by atoms with E-state index in [0.29, 0.717) is 17.0 Å². The molecule has 0 bridgehead atoms. The van der Waals surface area contributed by atoms with Gasteiger partial charge in [0.25, 0.3) is 11.8 Å². The number of imide groups is 1. The van der Waals surface area contributed by atoms with E-state index in [2.05, 4.69) is 5.32 Å². The minimum atomic E-state index is -0.347. The van der Waals surface area contributed by atoms with Gasteiger partial charge in [-0.1, -0.05) is 66.7 Å². The zero-order valence-electron chi connectivity index (χ0n) is 19.8. The molecule has 168 valence electrons. The van der Waals surface area contributed by atoms with Gasteiger partial charge >= 0.3 is 0 Å². The zero-order chi connectivity index (χ0) is 24.0. The lowest BCUT2D eigenvalue weighted by atomic mass is 9.99. The molecule has 0 spiro atoms. The van der Waals surface area contributed by atoms with Crippen LogP contribution in [-0.4, -0.2) is 11.8 Å². The van der Waals surface area contributed by atoms with Crippen molar-refractivity contribution in [1.29, 1.82) is 0 Å². The quantitative estimate of drug-likeness (QED) is 0.366. The number of carbonyl (C=O) groups excluding carboxylic acids is 2. The molecule has 2 amide bonds. The smallest absolute Gasteiger partial charge is 0.282 e. The lowest BCUT2D eigenvalue weighted by Gasteiger charge is -2.19. The Bertz CT molecular complexity index is 1510. The maximum Gasteiger partial charge on any atom is 0.282 e. The molecule has 0 saturated heterocycles. The Morgan fingerprint density at radius 2 is 1.41 bits per heavy atom. The standard InChI is InChI=1S/C30H26N2O2/c1-18-15-16-23(17-20(18)3)27-28(31-25-13-8-11-22-10-5-6-12-24(22)25)30(34)32(29(27)33)26-14-7-9-19(2)21(26)4/h5-17,31H,1-4H3. The summed E-state index contributed by atoms with van der Waals surface area (Å²) in [5, 5.41) is 5.40. The van der Waals surface area contributed by atoms with Crippen LogP contribution in [0.3, 0.4) is 0 Å². The van der Waals surface area contributed by atoms with Gasteiger partial charge in [-0.25, -0.2) is 4.90 Å². The van der Waals surface area contributed by atoms with Crippen LogP contribution >= 0.6 is 0 Å². The van der Waals surface area contributed by atoms with Gasteiger partial charge in [0.15, 0.2) is 0 Å². The molecule has 1 aliphatic rings. The van der Waals surface area contributed by atoms with Crippen LogP contribution in [0.4, 0.5) is 11.4 Å². The first-order valence-corrected chi connectivity index (χ1v) is 11.4. The molecular formula is C30H26N2O2. The molecule has 1 aliphatic heterocycles. The summed E-state index contributed by atoms with van der Waals surface area (Å²) in [6.45, 7) is 7.97. The number of rotatable bonds is 4. The van der Waals surface area contributed by atoms with Gasteiger partial charge in [0.1, 0.15) is 5.70 Å². The van der Waals surface area contributed by atoms with E-state index in [0.717, 1.165) is 44.3 Å². The lowest BCUT2D eigenvalue weighted by Crippen LogP contribution is -2.33. The maximum absolute atomic E-state index is 13.8. The number of amides is 2. The van der Waals surface area contributed by atoms with Crippen LogP contribution in [0.5, 0.6) is 0 Å². The molecule has 0 fully saturated rings. The predicted molar refractivity (Wildman–Crippen MR) is 139 cm³/mol. The monoisotopic (exact) mass is 446 g/mol. The van der Waals surface area contributed by atoms with Crippen LogP contribution in [0, 0.1) is 27.7 Å². The van der Waals surface area contributed by atoms with Crippen molar-refractivity contribution in [2.75, 3.05) is 10.2 Å². The van der Waals surface area contributed by atoms with E-state index in [4.69, 9.17) is 0 Å². The highest BCUT2D eigenvalue weighted by Crippen LogP contribution is 2.37. The van der Waals surface area contributed by atoms with Crippen molar-refractivity contribution in [2.45, 2.75) is 27.7 Å². The van der Waals surface area contributed by atoms with Crippen molar-refractivity contribution in [2.24, 2.45) is 0 Å². The van der Waals surface area contributed by atoms with Gasteiger partial charge in [-0.15, -0.1) is 0 Å². The van der Waals surface area contributed by atoms with Crippen molar-refractivity contribution in [3.8, 4) is 0 Å². The zero-order valence-corrected chi connectivity index (χ0v) is 19.8. The van der Waals surface area contributed by atoms with Gasteiger partial charge in [0.2, 0.25) is 0 Å². The SMILES string of the molecule is Cc1ccc(C2=C(Nc3cccc4ccccc34)C(=O)N(c3cccc(C)c3C)C2=O)cc1C. The Labute approximate surface area is 199 Å². The molecule has 0 aliphatic carbocycles. The van der Waals surface area contributed by atoms with Crippen LogP contribution < -0.4 is 10.2 Å². The lowest BCUT2D eigenvalue weighted by molar-refractivity contribution is -0.120. The molecule has 0 saturated carbocycles. The number of anilines is 2. The summed E-state index contributed by atoms with van der Waals surface area (Å²) < 4.78 is 0. The van der Waals surface area contributed by atoms with Gasteiger partial charge < -0.3 is 5.32 Å². The molecule has 5 rings (SSSR count). The number of aryl methyl sites for hydroxylation is 3. The number of carbonyl (C=O) groups is 2. The first-order chi connectivity index (χ1) is 16.4.